The number of ether oxygens (including phenoxy) is 2. The van der Waals surface area contributed by atoms with Gasteiger partial charge in [-0.05, 0) is 145 Å². The molecule has 0 spiro atoms. The largest absolute Gasteiger partial charge is 0.446 e. The van der Waals surface area contributed by atoms with Crippen LogP contribution in [-0.2, 0) is 9.47 Å². The standard InChI is InChI=1S/C33H40I6N6O17/c34-22-17(28(51)41(57)5-1-9-46)13-18(23(35)19(22)29(52)42(58)6-2-10-47)45(39)33(56)62-15-16(50)14-61-32(55)40-27-25(37)20(30(53)43(59)7-3-11-48)24(36)21(26(27)38)31(54)44(60)8-4-12-49/h13,16,46-50,57-60H,1-12,14-15H2,(H,40,55). The lowest BCUT2D eigenvalue weighted by Gasteiger charge is -2.24. The summed E-state index contributed by atoms with van der Waals surface area (Å²) in [4.78, 5) is 79.6. The van der Waals surface area contributed by atoms with Gasteiger partial charge >= 0.3 is 12.2 Å². The van der Waals surface area contributed by atoms with Gasteiger partial charge in [0.1, 0.15) is 19.3 Å². The third-order valence-corrected chi connectivity index (χ3v) is 14.2. The highest BCUT2D eigenvalue weighted by atomic mass is 127. The lowest BCUT2D eigenvalue weighted by molar-refractivity contribution is -0.0613. The fourth-order valence-electron chi connectivity index (χ4n) is 4.75. The van der Waals surface area contributed by atoms with E-state index in [1.165, 1.54) is 28.9 Å². The Balaban J connectivity index is 2.36. The molecule has 0 fully saturated rings. The van der Waals surface area contributed by atoms with Crippen LogP contribution in [0.5, 0.6) is 0 Å². The Morgan fingerprint density at radius 3 is 1.34 bits per heavy atom. The van der Waals surface area contributed by atoms with Gasteiger partial charge < -0.3 is 35.0 Å². The van der Waals surface area contributed by atoms with E-state index >= 15 is 0 Å². The summed E-state index contributed by atoms with van der Waals surface area (Å²) in [6.07, 6.45) is -4.01. The van der Waals surface area contributed by atoms with E-state index in [9.17, 15) is 54.7 Å². The zero-order chi connectivity index (χ0) is 47.0. The maximum absolute atomic E-state index is 13.4. The first-order valence-corrected chi connectivity index (χ1v) is 24.0. The van der Waals surface area contributed by atoms with E-state index in [1.54, 1.807) is 113 Å². The summed E-state index contributed by atoms with van der Waals surface area (Å²) in [6.45, 7) is -4.15. The van der Waals surface area contributed by atoms with Gasteiger partial charge in [-0.1, -0.05) is 0 Å². The van der Waals surface area contributed by atoms with Crippen LogP contribution in [0, 0.1) is 17.9 Å². The van der Waals surface area contributed by atoms with Gasteiger partial charge in [-0.15, -0.1) is 0 Å². The summed E-state index contributed by atoms with van der Waals surface area (Å²) in [6, 6.07) is 1.17. The SMILES string of the molecule is O=C(Nc1c(I)c(C(=O)N(O)CCCO)c(I)c(C(=O)N(O)CCCO)c1I)OCC(O)COC(=O)N(I)c1cc(C(=O)N(O)CCCO)c(I)c(C(=O)N(O)CCCO)c1I. The first kappa shape index (κ1) is 57.0. The Morgan fingerprint density at radius 1 is 0.565 bits per heavy atom. The molecule has 23 nitrogen and oxygen atoms in total. The second-order valence-electron chi connectivity index (χ2n) is 12.3. The van der Waals surface area contributed by atoms with E-state index in [1.807, 2.05) is 0 Å². The number of anilines is 2. The van der Waals surface area contributed by atoms with Gasteiger partial charge in [-0.3, -0.25) is 45.3 Å². The number of benzene rings is 2. The van der Waals surface area contributed by atoms with Gasteiger partial charge in [0.2, 0.25) is 0 Å². The van der Waals surface area contributed by atoms with E-state index in [-0.39, 0.29) is 130 Å². The molecule has 0 aromatic heterocycles. The zero-order valence-corrected chi connectivity index (χ0v) is 44.8. The Morgan fingerprint density at radius 2 is 0.935 bits per heavy atom. The molecule has 0 saturated carbocycles. The smallest absolute Gasteiger partial charge is 0.423 e. The number of halogens is 6. The Labute approximate surface area is 435 Å². The average molecular weight is 1550 g/mol. The van der Waals surface area contributed by atoms with Crippen molar-refractivity contribution < 1.29 is 84.6 Å². The van der Waals surface area contributed by atoms with Crippen molar-refractivity contribution in [3.05, 3.63) is 46.2 Å². The summed E-state index contributed by atoms with van der Waals surface area (Å²) >= 11 is 9.90. The maximum Gasteiger partial charge on any atom is 0.423 e. The van der Waals surface area contributed by atoms with Crippen LogP contribution in [0.25, 0.3) is 0 Å². The molecule has 0 radical (unpaired) electrons. The van der Waals surface area contributed by atoms with Gasteiger partial charge in [0, 0.05) is 33.6 Å². The van der Waals surface area contributed by atoms with Crippen molar-refractivity contribution >= 4 is 183 Å². The van der Waals surface area contributed by atoms with Crippen molar-refractivity contribution in [2.45, 2.75) is 31.8 Å². The number of hydrogen-bond acceptors (Lipinski definition) is 17. The lowest BCUT2D eigenvalue weighted by Crippen LogP contribution is -2.34. The summed E-state index contributed by atoms with van der Waals surface area (Å²) < 4.78 is 11.2. The Kier molecular flexibility index (Phi) is 25.9. The maximum atomic E-state index is 13.4. The molecule has 29 heteroatoms. The van der Waals surface area contributed by atoms with Crippen molar-refractivity contribution in [2.24, 2.45) is 0 Å². The minimum absolute atomic E-state index is 0.00336. The summed E-state index contributed by atoms with van der Waals surface area (Å²) in [7, 11) is 0. The molecule has 2 aromatic rings. The van der Waals surface area contributed by atoms with Gasteiger partial charge in [-0.2, -0.15) is 0 Å². The molecule has 6 amide bonds. The number of hydroxylamine groups is 8. The highest BCUT2D eigenvalue weighted by Crippen LogP contribution is 2.38. The van der Waals surface area contributed by atoms with E-state index in [0.717, 1.165) is 3.11 Å². The molecule has 0 bridgehead atoms. The monoisotopic (exact) mass is 1550 g/mol. The van der Waals surface area contributed by atoms with Gasteiger partial charge in [0.25, 0.3) is 23.6 Å². The second kappa shape index (κ2) is 28.1. The van der Waals surface area contributed by atoms with Crippen molar-refractivity contribution in [3.8, 4) is 0 Å². The quantitative estimate of drug-likeness (QED) is 0.0349. The van der Waals surface area contributed by atoms with Gasteiger partial charge in [0.15, 0.2) is 0 Å². The van der Waals surface area contributed by atoms with Crippen LogP contribution < -0.4 is 8.43 Å². The number of carbonyl (C=O) groups is 6. The molecule has 0 aliphatic carbocycles. The fourth-order valence-corrected chi connectivity index (χ4v) is 12.4. The third kappa shape index (κ3) is 15.5. The average Bonchev–Trinajstić information content (AvgIpc) is 3.24. The van der Waals surface area contributed by atoms with Crippen LogP contribution in [0.1, 0.15) is 67.1 Å². The fraction of sp³-hybridized carbons (Fsp3) is 0.455. The molecule has 1 atom stereocenters. The molecule has 2 rings (SSSR count). The normalized spacial score (nSPS) is 11.4. The summed E-state index contributed by atoms with van der Waals surface area (Å²) in [5, 5.41) is 92.4. The number of hydrogen-bond donors (Lipinski definition) is 10. The molecule has 0 aliphatic heterocycles. The molecule has 62 heavy (non-hydrogen) atoms. The Bertz CT molecular complexity index is 1900. The summed E-state index contributed by atoms with van der Waals surface area (Å²) in [5.74, 6) is -4.04. The highest BCUT2D eigenvalue weighted by molar-refractivity contribution is 14.1. The van der Waals surface area contributed by atoms with E-state index in [4.69, 9.17) is 29.9 Å². The van der Waals surface area contributed by atoms with Crippen LogP contribution in [0.2, 0.25) is 0 Å². The molecule has 346 valence electrons. The number of amides is 6. The van der Waals surface area contributed by atoms with Crippen LogP contribution >= 0.6 is 136 Å². The number of aliphatic hydroxyl groups is 5. The predicted molar refractivity (Wildman–Crippen MR) is 263 cm³/mol. The molecule has 0 saturated heterocycles. The van der Waals surface area contributed by atoms with E-state index in [0.29, 0.717) is 20.3 Å². The number of rotatable bonds is 22. The second-order valence-corrected chi connectivity index (χ2v) is 18.6. The highest BCUT2D eigenvalue weighted by Gasteiger charge is 2.34. The van der Waals surface area contributed by atoms with E-state index < -0.39 is 55.1 Å². The van der Waals surface area contributed by atoms with Crippen LogP contribution in [-0.4, -0.2) is 174 Å². The first-order chi connectivity index (χ1) is 29.2. The van der Waals surface area contributed by atoms with Crippen molar-refractivity contribution in [2.75, 3.05) is 74.3 Å². The van der Waals surface area contributed by atoms with Crippen LogP contribution in [0.3, 0.4) is 0 Å². The molecule has 0 heterocycles. The molecule has 1 unspecified atom stereocenters. The van der Waals surface area contributed by atoms with Crippen LogP contribution in [0.15, 0.2) is 6.07 Å². The predicted octanol–water partition coefficient (Wildman–Crippen LogP) is 3.47. The van der Waals surface area contributed by atoms with E-state index in [2.05, 4.69) is 5.32 Å². The van der Waals surface area contributed by atoms with Crippen LogP contribution in [0.4, 0.5) is 21.0 Å². The first-order valence-electron chi connectivity index (χ1n) is 17.6. The lowest BCUT2D eigenvalue weighted by atomic mass is 10.1. The third-order valence-electron chi connectivity index (χ3n) is 7.83. The van der Waals surface area contributed by atoms with Gasteiger partial charge in [0.05, 0.1) is 93.4 Å². The minimum Gasteiger partial charge on any atom is -0.446 e. The molecular weight excluding hydrogens is 1510 g/mol. The number of nitrogens with one attached hydrogen (secondary N) is 1. The minimum atomic E-state index is -1.66. The number of aliphatic hydroxyl groups excluding tert-OH is 5. The molecule has 0 aliphatic rings. The Hall–Kier alpha value is -1.12. The topological polar surface area (TPSA) is 331 Å². The molecule has 10 N–H and O–H groups in total. The molecule has 2 aromatic carbocycles. The molecular formula is C33H40I6N6O17. The van der Waals surface area contributed by atoms with Crippen molar-refractivity contribution in [3.63, 3.8) is 0 Å². The number of carbonyl (C=O) groups excluding carboxylic acids is 6. The van der Waals surface area contributed by atoms with Crippen molar-refractivity contribution in [1.29, 1.82) is 0 Å². The van der Waals surface area contributed by atoms with Crippen molar-refractivity contribution in [1.82, 2.24) is 20.3 Å². The summed E-state index contributed by atoms with van der Waals surface area (Å²) in [5.41, 5.74) is -1.30. The number of nitrogens with zero attached hydrogens (tertiary/aromatic N) is 5. The zero-order valence-electron chi connectivity index (χ0n) is 31.8. The van der Waals surface area contributed by atoms with Gasteiger partial charge in [-0.25, -0.2) is 33.0 Å².